The lowest BCUT2D eigenvalue weighted by atomic mass is 9.78. The number of amides is 1. The monoisotopic (exact) mass is 430 g/mol. The number of carbonyl (C=O) groups excluding carboxylic acids is 3. The second kappa shape index (κ2) is 9.72. The lowest BCUT2D eigenvalue weighted by molar-refractivity contribution is -0.141. The van der Waals surface area contributed by atoms with Crippen molar-refractivity contribution in [2.24, 2.45) is 27.4 Å². The van der Waals surface area contributed by atoms with E-state index in [1.807, 2.05) is 26.0 Å². The summed E-state index contributed by atoms with van der Waals surface area (Å²) in [4.78, 5) is 46.7. The van der Waals surface area contributed by atoms with Crippen LogP contribution in [0.4, 0.5) is 0 Å². The third-order valence-electron chi connectivity index (χ3n) is 5.44. The zero-order chi connectivity index (χ0) is 23.3. The van der Waals surface area contributed by atoms with Crippen molar-refractivity contribution in [3.05, 3.63) is 35.4 Å². The maximum absolute atomic E-state index is 12.6. The van der Waals surface area contributed by atoms with Crippen LogP contribution in [-0.2, 0) is 24.1 Å². The Kier molecular flexibility index (Phi) is 7.54. The third kappa shape index (κ3) is 5.90. The van der Waals surface area contributed by atoms with Crippen molar-refractivity contribution >= 4 is 29.2 Å². The van der Waals surface area contributed by atoms with Crippen LogP contribution < -0.4 is 5.73 Å². The first-order valence-corrected chi connectivity index (χ1v) is 10.0. The lowest BCUT2D eigenvalue weighted by Crippen LogP contribution is -2.40. The van der Waals surface area contributed by atoms with Gasteiger partial charge in [0.25, 0.3) is 0 Å². The first kappa shape index (κ1) is 24.0. The number of rotatable bonds is 8. The SMILES string of the molecule is CC(=O)O/N=C(\N)c1ccc(C2=NOC(CC(=O)N(C)CC(C)C(C)=O)C2(C)C)cc1. The van der Waals surface area contributed by atoms with Crippen molar-refractivity contribution in [1.29, 1.82) is 0 Å². The summed E-state index contributed by atoms with van der Waals surface area (Å²) in [7, 11) is 1.69. The minimum Gasteiger partial charge on any atom is -0.391 e. The van der Waals surface area contributed by atoms with E-state index in [0.29, 0.717) is 17.8 Å². The summed E-state index contributed by atoms with van der Waals surface area (Å²) < 4.78 is 0. The molecule has 0 aliphatic carbocycles. The van der Waals surface area contributed by atoms with Crippen LogP contribution in [0, 0.1) is 11.3 Å². The van der Waals surface area contributed by atoms with E-state index in [2.05, 4.69) is 15.1 Å². The fourth-order valence-electron chi connectivity index (χ4n) is 3.16. The van der Waals surface area contributed by atoms with E-state index in [4.69, 9.17) is 10.6 Å². The highest BCUT2D eigenvalue weighted by molar-refractivity contribution is 6.06. The van der Waals surface area contributed by atoms with Crippen molar-refractivity contribution in [3.63, 3.8) is 0 Å². The Morgan fingerprint density at radius 3 is 2.42 bits per heavy atom. The Balaban J connectivity index is 2.07. The minimum atomic E-state index is -0.555. The fraction of sp³-hybridized carbons (Fsp3) is 0.500. The number of carbonyl (C=O) groups is 3. The van der Waals surface area contributed by atoms with Crippen LogP contribution in [0.3, 0.4) is 0 Å². The molecule has 1 aliphatic rings. The summed E-state index contributed by atoms with van der Waals surface area (Å²) in [5, 5.41) is 7.81. The molecule has 0 spiro atoms. The summed E-state index contributed by atoms with van der Waals surface area (Å²) >= 11 is 0. The topological polar surface area (TPSA) is 124 Å². The molecule has 9 nitrogen and oxygen atoms in total. The Morgan fingerprint density at radius 1 is 1.26 bits per heavy atom. The van der Waals surface area contributed by atoms with Gasteiger partial charge in [-0.2, -0.15) is 0 Å². The number of hydrogen-bond donors (Lipinski definition) is 1. The van der Waals surface area contributed by atoms with Gasteiger partial charge in [-0.1, -0.05) is 55.3 Å². The van der Waals surface area contributed by atoms with Gasteiger partial charge >= 0.3 is 5.97 Å². The van der Waals surface area contributed by atoms with Gasteiger partial charge in [-0.05, 0) is 6.92 Å². The predicted octanol–water partition coefficient (Wildman–Crippen LogP) is 2.07. The predicted molar refractivity (Wildman–Crippen MR) is 116 cm³/mol. The number of nitrogens with two attached hydrogens (primary N) is 1. The van der Waals surface area contributed by atoms with E-state index in [0.717, 1.165) is 5.56 Å². The van der Waals surface area contributed by atoms with E-state index >= 15 is 0 Å². The highest BCUT2D eigenvalue weighted by atomic mass is 16.7. The molecule has 0 aromatic heterocycles. The first-order chi connectivity index (χ1) is 14.4. The Morgan fingerprint density at radius 2 is 1.87 bits per heavy atom. The molecule has 2 unspecified atom stereocenters. The molecule has 1 aromatic rings. The molecule has 0 saturated heterocycles. The average molecular weight is 431 g/mol. The number of nitrogens with zero attached hydrogens (tertiary/aromatic N) is 3. The highest BCUT2D eigenvalue weighted by Gasteiger charge is 2.44. The van der Waals surface area contributed by atoms with Gasteiger partial charge in [0.2, 0.25) is 5.91 Å². The Hall–Kier alpha value is -3.23. The van der Waals surface area contributed by atoms with Crippen molar-refractivity contribution in [3.8, 4) is 0 Å². The molecule has 0 saturated carbocycles. The van der Waals surface area contributed by atoms with E-state index in [-0.39, 0.29) is 29.9 Å². The molecule has 2 atom stereocenters. The van der Waals surface area contributed by atoms with Gasteiger partial charge in [0.1, 0.15) is 11.9 Å². The molecular weight excluding hydrogens is 400 g/mol. The third-order valence-corrected chi connectivity index (χ3v) is 5.44. The van der Waals surface area contributed by atoms with Crippen LogP contribution in [0.2, 0.25) is 0 Å². The largest absolute Gasteiger partial charge is 0.391 e. The summed E-state index contributed by atoms with van der Waals surface area (Å²) in [5.41, 5.74) is 7.43. The molecule has 0 fully saturated rings. The minimum absolute atomic E-state index is 0.0460. The van der Waals surface area contributed by atoms with E-state index in [9.17, 15) is 14.4 Å². The molecule has 1 aliphatic heterocycles. The molecule has 0 bridgehead atoms. The van der Waals surface area contributed by atoms with Crippen LogP contribution in [0.15, 0.2) is 34.6 Å². The normalized spacial score (nSPS) is 18.6. The van der Waals surface area contributed by atoms with Gasteiger partial charge in [-0.3, -0.25) is 9.59 Å². The quantitative estimate of drug-likeness (QED) is 0.291. The number of ketones is 1. The number of amidine groups is 1. The fourth-order valence-corrected chi connectivity index (χ4v) is 3.16. The number of oxime groups is 2. The Bertz CT molecular complexity index is 905. The smallest absolute Gasteiger partial charge is 0.332 e. The van der Waals surface area contributed by atoms with Crippen molar-refractivity contribution in [2.75, 3.05) is 13.6 Å². The van der Waals surface area contributed by atoms with Gasteiger partial charge in [-0.25, -0.2) is 4.79 Å². The van der Waals surface area contributed by atoms with Crippen LogP contribution >= 0.6 is 0 Å². The summed E-state index contributed by atoms with van der Waals surface area (Å²) in [6, 6.07) is 7.12. The molecule has 1 heterocycles. The van der Waals surface area contributed by atoms with Gasteiger partial charge < -0.3 is 20.3 Å². The molecule has 2 N–H and O–H groups in total. The zero-order valence-electron chi connectivity index (χ0n) is 18.8. The molecule has 2 rings (SSSR count). The molecule has 1 amide bonds. The molecular formula is C22H30N4O5. The molecule has 9 heteroatoms. The number of benzene rings is 1. The standard InChI is InChI=1S/C22H30N4O5/c1-13(14(2)27)12-26(6)19(29)11-18-22(4,5)20(24-31-18)16-7-9-17(10-8-16)21(23)25-30-15(3)28/h7-10,13,18H,11-12H2,1-6H3,(H2,23,25). The van der Waals surface area contributed by atoms with E-state index in [1.54, 1.807) is 31.0 Å². The Labute approximate surface area is 182 Å². The first-order valence-electron chi connectivity index (χ1n) is 10.0. The summed E-state index contributed by atoms with van der Waals surface area (Å²) in [6.45, 7) is 8.87. The lowest BCUT2D eigenvalue weighted by Gasteiger charge is -2.28. The van der Waals surface area contributed by atoms with Crippen LogP contribution in [0.1, 0.15) is 52.2 Å². The average Bonchev–Trinajstić information content (AvgIpc) is 2.99. The van der Waals surface area contributed by atoms with E-state index < -0.39 is 17.5 Å². The summed E-state index contributed by atoms with van der Waals surface area (Å²) in [6.07, 6.45) is -0.276. The van der Waals surface area contributed by atoms with Crippen LogP contribution in [-0.4, -0.2) is 53.8 Å². The van der Waals surface area contributed by atoms with Crippen molar-refractivity contribution in [2.45, 2.75) is 47.1 Å². The number of hydrogen-bond acceptors (Lipinski definition) is 7. The van der Waals surface area contributed by atoms with Gasteiger partial charge in [0.15, 0.2) is 5.84 Å². The second-order valence-electron chi connectivity index (χ2n) is 8.38. The van der Waals surface area contributed by atoms with Crippen LogP contribution in [0.25, 0.3) is 0 Å². The number of Topliss-reactive ketones (excluding diaryl/α,β-unsaturated/α-hetero) is 1. The summed E-state index contributed by atoms with van der Waals surface area (Å²) in [5.74, 6) is -0.747. The van der Waals surface area contributed by atoms with Gasteiger partial charge in [0, 0.05) is 37.6 Å². The zero-order valence-corrected chi connectivity index (χ0v) is 18.8. The van der Waals surface area contributed by atoms with E-state index in [1.165, 1.54) is 13.8 Å². The van der Waals surface area contributed by atoms with Crippen molar-refractivity contribution < 1.29 is 24.1 Å². The van der Waals surface area contributed by atoms with Gasteiger partial charge in [-0.15, -0.1) is 0 Å². The molecule has 168 valence electrons. The van der Waals surface area contributed by atoms with Crippen LogP contribution in [0.5, 0.6) is 0 Å². The van der Waals surface area contributed by atoms with Gasteiger partial charge in [0.05, 0.1) is 17.5 Å². The maximum Gasteiger partial charge on any atom is 0.332 e. The molecule has 31 heavy (non-hydrogen) atoms. The maximum atomic E-state index is 12.6. The second-order valence-corrected chi connectivity index (χ2v) is 8.38. The van der Waals surface area contributed by atoms with Crippen molar-refractivity contribution in [1.82, 2.24) is 4.90 Å². The highest BCUT2D eigenvalue weighted by Crippen LogP contribution is 2.36. The molecule has 0 radical (unpaired) electrons. The molecule has 1 aromatic carbocycles.